The SMILES string of the molecule is CC(C)C(CNC(=O)OCc1ccccc1)C(=O)N1COC(O)C1Cc1ccccc1. The first-order valence-electron chi connectivity index (χ1n) is 10.5. The minimum absolute atomic E-state index is 0.0166. The minimum atomic E-state index is -1.04. The fourth-order valence-electron chi connectivity index (χ4n) is 3.60. The zero-order chi connectivity index (χ0) is 22.2. The summed E-state index contributed by atoms with van der Waals surface area (Å²) in [6.45, 7) is 4.20. The van der Waals surface area contributed by atoms with Crippen LogP contribution in [-0.4, -0.2) is 47.6 Å². The molecule has 1 saturated heterocycles. The summed E-state index contributed by atoms with van der Waals surface area (Å²) in [6, 6.07) is 18.6. The predicted octanol–water partition coefficient (Wildman–Crippen LogP) is 2.93. The Morgan fingerprint density at radius 2 is 1.71 bits per heavy atom. The van der Waals surface area contributed by atoms with Crippen LogP contribution in [-0.2, 0) is 27.3 Å². The molecule has 0 spiro atoms. The number of hydrogen-bond acceptors (Lipinski definition) is 5. The van der Waals surface area contributed by atoms with E-state index in [4.69, 9.17) is 9.47 Å². The molecule has 31 heavy (non-hydrogen) atoms. The van der Waals surface area contributed by atoms with Crippen LogP contribution in [0.3, 0.4) is 0 Å². The van der Waals surface area contributed by atoms with E-state index in [0.29, 0.717) is 6.42 Å². The van der Waals surface area contributed by atoms with E-state index in [1.165, 1.54) is 0 Å². The number of alkyl carbamates (subject to hydrolysis) is 1. The molecule has 3 rings (SSSR count). The molecule has 0 saturated carbocycles. The number of carbonyl (C=O) groups is 2. The second kappa shape index (κ2) is 10.9. The van der Waals surface area contributed by atoms with Crippen LogP contribution < -0.4 is 5.32 Å². The quantitative estimate of drug-likeness (QED) is 0.678. The van der Waals surface area contributed by atoms with E-state index in [-0.39, 0.29) is 31.7 Å². The van der Waals surface area contributed by atoms with Crippen molar-refractivity contribution >= 4 is 12.0 Å². The van der Waals surface area contributed by atoms with Crippen LogP contribution >= 0.6 is 0 Å². The molecule has 1 aliphatic heterocycles. The first-order chi connectivity index (χ1) is 15.0. The third-order valence-electron chi connectivity index (χ3n) is 5.49. The molecule has 2 N–H and O–H groups in total. The van der Waals surface area contributed by atoms with Crippen LogP contribution in [0.25, 0.3) is 0 Å². The molecular weight excluding hydrogens is 396 g/mol. The third kappa shape index (κ3) is 6.29. The van der Waals surface area contributed by atoms with Crippen molar-refractivity contribution in [3.05, 3.63) is 71.8 Å². The smallest absolute Gasteiger partial charge is 0.407 e. The number of hydrogen-bond donors (Lipinski definition) is 2. The molecule has 2 amide bonds. The Morgan fingerprint density at radius 3 is 2.32 bits per heavy atom. The minimum Gasteiger partial charge on any atom is -0.445 e. The standard InChI is InChI=1S/C24H30N2O5/c1-17(2)20(14-25-24(29)30-15-19-11-7-4-8-12-19)22(27)26-16-31-23(28)21(26)13-18-9-5-3-6-10-18/h3-12,17,20-21,23,28H,13-16H2,1-2H3,(H,25,29). The Balaban J connectivity index is 1.58. The van der Waals surface area contributed by atoms with Gasteiger partial charge in [0.2, 0.25) is 5.91 Å². The molecule has 1 heterocycles. The van der Waals surface area contributed by atoms with Gasteiger partial charge in [-0.2, -0.15) is 0 Å². The lowest BCUT2D eigenvalue weighted by Gasteiger charge is -2.30. The number of amides is 2. The average Bonchev–Trinajstić information content (AvgIpc) is 3.13. The highest BCUT2D eigenvalue weighted by Gasteiger charge is 2.40. The van der Waals surface area contributed by atoms with Crippen molar-refractivity contribution in [3.63, 3.8) is 0 Å². The zero-order valence-corrected chi connectivity index (χ0v) is 17.9. The van der Waals surface area contributed by atoms with Gasteiger partial charge in [0.05, 0.1) is 12.0 Å². The first-order valence-corrected chi connectivity index (χ1v) is 10.5. The summed E-state index contributed by atoms with van der Waals surface area (Å²) in [4.78, 5) is 27.0. The maximum absolute atomic E-state index is 13.3. The molecule has 3 unspecified atom stereocenters. The summed E-state index contributed by atoms with van der Waals surface area (Å²) in [5, 5.41) is 13.0. The molecule has 7 heteroatoms. The highest BCUT2D eigenvalue weighted by Crippen LogP contribution is 2.24. The van der Waals surface area contributed by atoms with E-state index in [1.807, 2.05) is 74.5 Å². The van der Waals surface area contributed by atoms with Gasteiger partial charge in [-0.1, -0.05) is 74.5 Å². The number of nitrogens with zero attached hydrogens (tertiary/aromatic N) is 1. The van der Waals surface area contributed by atoms with Gasteiger partial charge in [0.1, 0.15) is 13.3 Å². The summed E-state index contributed by atoms with van der Waals surface area (Å²) >= 11 is 0. The molecule has 2 aromatic rings. The summed E-state index contributed by atoms with van der Waals surface area (Å²) in [5.41, 5.74) is 1.90. The summed E-state index contributed by atoms with van der Waals surface area (Å²) < 4.78 is 10.6. The van der Waals surface area contributed by atoms with Gasteiger partial charge < -0.3 is 24.8 Å². The maximum Gasteiger partial charge on any atom is 0.407 e. The van der Waals surface area contributed by atoms with Crippen molar-refractivity contribution in [2.45, 2.75) is 39.2 Å². The summed E-state index contributed by atoms with van der Waals surface area (Å²) in [5.74, 6) is -0.635. The largest absolute Gasteiger partial charge is 0.445 e. The number of aliphatic hydroxyl groups excluding tert-OH is 1. The van der Waals surface area contributed by atoms with E-state index in [9.17, 15) is 14.7 Å². The molecule has 0 aromatic heterocycles. The molecule has 0 radical (unpaired) electrons. The second-order valence-electron chi connectivity index (χ2n) is 8.04. The van der Waals surface area contributed by atoms with E-state index < -0.39 is 24.3 Å². The van der Waals surface area contributed by atoms with Gasteiger partial charge in [0.15, 0.2) is 6.29 Å². The van der Waals surface area contributed by atoms with Crippen LogP contribution in [0.5, 0.6) is 0 Å². The van der Waals surface area contributed by atoms with Gasteiger partial charge in [-0.05, 0) is 23.5 Å². The molecular formula is C24H30N2O5. The number of aliphatic hydroxyl groups is 1. The average molecular weight is 427 g/mol. The van der Waals surface area contributed by atoms with Crippen LogP contribution in [0.2, 0.25) is 0 Å². The van der Waals surface area contributed by atoms with Gasteiger partial charge in [-0.25, -0.2) is 4.79 Å². The van der Waals surface area contributed by atoms with Crippen molar-refractivity contribution in [1.82, 2.24) is 10.2 Å². The van der Waals surface area contributed by atoms with Crippen molar-refractivity contribution in [2.24, 2.45) is 11.8 Å². The number of rotatable bonds is 8. The molecule has 0 aliphatic carbocycles. The molecule has 166 valence electrons. The number of carbonyl (C=O) groups excluding carboxylic acids is 2. The van der Waals surface area contributed by atoms with Crippen LogP contribution in [0, 0.1) is 11.8 Å². The fraction of sp³-hybridized carbons (Fsp3) is 0.417. The Kier molecular flexibility index (Phi) is 8.03. The molecule has 0 bridgehead atoms. The summed E-state index contributed by atoms with van der Waals surface area (Å²) in [7, 11) is 0. The topological polar surface area (TPSA) is 88.1 Å². The van der Waals surface area contributed by atoms with Crippen LogP contribution in [0.4, 0.5) is 4.79 Å². The number of nitrogens with one attached hydrogen (secondary N) is 1. The van der Waals surface area contributed by atoms with Gasteiger partial charge in [-0.15, -0.1) is 0 Å². The van der Waals surface area contributed by atoms with Crippen molar-refractivity contribution in [1.29, 1.82) is 0 Å². The maximum atomic E-state index is 13.3. The first kappa shape index (κ1) is 22.8. The predicted molar refractivity (Wildman–Crippen MR) is 116 cm³/mol. The lowest BCUT2D eigenvalue weighted by molar-refractivity contribution is -0.138. The van der Waals surface area contributed by atoms with E-state index in [1.54, 1.807) is 4.90 Å². The van der Waals surface area contributed by atoms with E-state index in [2.05, 4.69) is 5.32 Å². The summed E-state index contributed by atoms with van der Waals surface area (Å²) in [6.07, 6.45) is -1.12. The van der Waals surface area contributed by atoms with Crippen molar-refractivity contribution < 1.29 is 24.2 Å². The van der Waals surface area contributed by atoms with E-state index >= 15 is 0 Å². The molecule has 7 nitrogen and oxygen atoms in total. The molecule has 1 fully saturated rings. The Hall–Kier alpha value is -2.90. The number of benzene rings is 2. The molecule has 1 aliphatic rings. The Morgan fingerprint density at radius 1 is 1.10 bits per heavy atom. The highest BCUT2D eigenvalue weighted by molar-refractivity contribution is 5.80. The second-order valence-corrected chi connectivity index (χ2v) is 8.04. The van der Waals surface area contributed by atoms with Gasteiger partial charge >= 0.3 is 6.09 Å². The monoisotopic (exact) mass is 426 g/mol. The Bertz CT molecular complexity index is 844. The zero-order valence-electron chi connectivity index (χ0n) is 17.9. The van der Waals surface area contributed by atoms with Crippen molar-refractivity contribution in [3.8, 4) is 0 Å². The lowest BCUT2D eigenvalue weighted by atomic mass is 9.93. The fourth-order valence-corrected chi connectivity index (χ4v) is 3.60. The normalized spacial score (nSPS) is 19.3. The molecule has 2 aromatic carbocycles. The molecule has 3 atom stereocenters. The van der Waals surface area contributed by atoms with E-state index in [0.717, 1.165) is 11.1 Å². The Labute approximate surface area is 183 Å². The lowest BCUT2D eigenvalue weighted by Crippen LogP contribution is -2.48. The van der Waals surface area contributed by atoms with Crippen LogP contribution in [0.1, 0.15) is 25.0 Å². The van der Waals surface area contributed by atoms with Crippen molar-refractivity contribution in [2.75, 3.05) is 13.3 Å². The van der Waals surface area contributed by atoms with Gasteiger partial charge in [-0.3, -0.25) is 4.79 Å². The van der Waals surface area contributed by atoms with Crippen LogP contribution in [0.15, 0.2) is 60.7 Å². The highest BCUT2D eigenvalue weighted by atomic mass is 16.6. The third-order valence-corrected chi connectivity index (χ3v) is 5.49. The van der Waals surface area contributed by atoms with Gasteiger partial charge in [0, 0.05) is 6.54 Å². The van der Waals surface area contributed by atoms with Gasteiger partial charge in [0.25, 0.3) is 0 Å². The number of ether oxygens (including phenoxy) is 2.